The fourth-order valence-electron chi connectivity index (χ4n) is 5.30. The SMILES string of the molecule is Cc1cc2c(cc1C(=O)O)NC(=O)C2=C(Nc1ccc(C(=O)N(OCCN2CCNCC2)C(C)C)cc1)c1ccccc1. The number of aromatic carboxylic acids is 1. The van der Waals surface area contributed by atoms with Crippen molar-refractivity contribution < 1.29 is 24.3 Å². The number of benzene rings is 3. The van der Waals surface area contributed by atoms with E-state index in [1.54, 1.807) is 37.3 Å². The van der Waals surface area contributed by atoms with Crippen LogP contribution in [0, 0.1) is 6.92 Å². The smallest absolute Gasteiger partial charge is 0.336 e. The largest absolute Gasteiger partial charge is 0.478 e. The Morgan fingerprint density at radius 2 is 1.72 bits per heavy atom. The lowest BCUT2D eigenvalue weighted by Gasteiger charge is -2.30. The molecule has 2 amide bonds. The average molecular weight is 584 g/mol. The first-order valence-corrected chi connectivity index (χ1v) is 14.5. The molecule has 224 valence electrons. The molecule has 0 bridgehead atoms. The van der Waals surface area contributed by atoms with Crippen molar-refractivity contribution in [1.29, 1.82) is 0 Å². The van der Waals surface area contributed by atoms with Crippen LogP contribution in [0.5, 0.6) is 0 Å². The minimum Gasteiger partial charge on any atom is -0.478 e. The summed E-state index contributed by atoms with van der Waals surface area (Å²) in [6.45, 7) is 10.6. The Morgan fingerprint density at radius 1 is 1.02 bits per heavy atom. The molecule has 1 fully saturated rings. The summed E-state index contributed by atoms with van der Waals surface area (Å²) in [5.74, 6) is -1.61. The second-order valence-corrected chi connectivity index (χ2v) is 10.9. The van der Waals surface area contributed by atoms with E-state index >= 15 is 0 Å². The normalized spacial score (nSPS) is 16.0. The second-order valence-electron chi connectivity index (χ2n) is 10.9. The van der Waals surface area contributed by atoms with Gasteiger partial charge in [0.1, 0.15) is 0 Å². The highest BCUT2D eigenvalue weighted by Crippen LogP contribution is 2.39. The number of hydrogen-bond acceptors (Lipinski definition) is 7. The lowest BCUT2D eigenvalue weighted by molar-refractivity contribution is -0.145. The van der Waals surface area contributed by atoms with Crippen molar-refractivity contribution in [2.75, 3.05) is 50.0 Å². The van der Waals surface area contributed by atoms with Gasteiger partial charge >= 0.3 is 5.97 Å². The third-order valence-corrected chi connectivity index (χ3v) is 7.57. The summed E-state index contributed by atoms with van der Waals surface area (Å²) in [7, 11) is 0. The van der Waals surface area contributed by atoms with Gasteiger partial charge in [0.2, 0.25) is 0 Å². The first kappa shape index (κ1) is 30.0. The standard InChI is InChI=1S/C33H37N5O5/c1-21(2)38(43-18-17-37-15-13-34-14-16-37)32(40)24-9-11-25(12-10-24)35-30(23-7-5-4-6-8-23)29-27-19-22(3)26(33(41)42)20-28(27)36-31(29)39/h4-12,19-21,34-35H,13-18H2,1-3H3,(H,36,39)(H,41,42). The highest BCUT2D eigenvalue weighted by molar-refractivity contribution is 6.37. The van der Waals surface area contributed by atoms with Gasteiger partial charge in [-0.2, -0.15) is 0 Å². The fraction of sp³-hybridized carbons (Fsp3) is 0.303. The number of carboxylic acid groups (broad SMARTS) is 1. The van der Waals surface area contributed by atoms with Gasteiger partial charge in [0.25, 0.3) is 11.8 Å². The number of anilines is 2. The molecule has 0 unspecified atom stereocenters. The van der Waals surface area contributed by atoms with E-state index in [9.17, 15) is 19.5 Å². The van der Waals surface area contributed by atoms with Crippen LogP contribution >= 0.6 is 0 Å². The molecule has 0 radical (unpaired) electrons. The molecule has 10 heteroatoms. The molecule has 2 heterocycles. The molecule has 0 aliphatic carbocycles. The summed E-state index contributed by atoms with van der Waals surface area (Å²) in [5.41, 5.74) is 4.68. The zero-order valence-corrected chi connectivity index (χ0v) is 24.6. The number of carbonyl (C=O) groups excluding carboxylic acids is 2. The summed E-state index contributed by atoms with van der Waals surface area (Å²) in [6, 6.07) is 19.6. The summed E-state index contributed by atoms with van der Waals surface area (Å²) >= 11 is 0. The molecule has 43 heavy (non-hydrogen) atoms. The van der Waals surface area contributed by atoms with Gasteiger partial charge in [-0.1, -0.05) is 30.3 Å². The summed E-state index contributed by atoms with van der Waals surface area (Å²) in [5, 5.41) is 20.5. The minimum atomic E-state index is -1.05. The number of hydroxylamine groups is 2. The highest BCUT2D eigenvalue weighted by atomic mass is 16.7. The van der Waals surface area contributed by atoms with Crippen molar-refractivity contribution in [2.24, 2.45) is 0 Å². The van der Waals surface area contributed by atoms with Crippen LogP contribution < -0.4 is 16.0 Å². The lowest BCUT2D eigenvalue weighted by Crippen LogP contribution is -2.46. The Morgan fingerprint density at radius 3 is 2.37 bits per heavy atom. The van der Waals surface area contributed by atoms with Crippen LogP contribution in [0.15, 0.2) is 66.7 Å². The van der Waals surface area contributed by atoms with Crippen molar-refractivity contribution in [3.63, 3.8) is 0 Å². The molecule has 10 nitrogen and oxygen atoms in total. The minimum absolute atomic E-state index is 0.137. The number of amides is 2. The molecule has 4 N–H and O–H groups in total. The van der Waals surface area contributed by atoms with E-state index in [0.717, 1.165) is 38.3 Å². The topological polar surface area (TPSA) is 123 Å². The van der Waals surface area contributed by atoms with Gasteiger partial charge in [0.15, 0.2) is 0 Å². The van der Waals surface area contributed by atoms with Gasteiger partial charge in [0, 0.05) is 49.5 Å². The molecule has 3 aromatic rings. The third-order valence-electron chi connectivity index (χ3n) is 7.57. The maximum atomic E-state index is 13.4. The molecule has 0 atom stereocenters. The monoisotopic (exact) mass is 583 g/mol. The van der Waals surface area contributed by atoms with Crippen molar-refractivity contribution >= 4 is 40.4 Å². The van der Waals surface area contributed by atoms with E-state index < -0.39 is 5.97 Å². The first-order chi connectivity index (χ1) is 20.7. The van der Waals surface area contributed by atoms with E-state index in [0.29, 0.717) is 45.9 Å². The molecule has 2 aliphatic heterocycles. The maximum absolute atomic E-state index is 13.4. The van der Waals surface area contributed by atoms with Gasteiger partial charge in [0.05, 0.1) is 35.2 Å². The van der Waals surface area contributed by atoms with Crippen molar-refractivity contribution in [1.82, 2.24) is 15.3 Å². The van der Waals surface area contributed by atoms with Crippen LogP contribution in [0.2, 0.25) is 0 Å². The van der Waals surface area contributed by atoms with Gasteiger partial charge < -0.3 is 21.1 Å². The average Bonchev–Trinajstić information content (AvgIpc) is 3.32. The Kier molecular flexibility index (Phi) is 9.20. The predicted molar refractivity (Wildman–Crippen MR) is 167 cm³/mol. The van der Waals surface area contributed by atoms with E-state index in [1.807, 2.05) is 44.2 Å². The van der Waals surface area contributed by atoms with Gasteiger partial charge in [-0.3, -0.25) is 19.3 Å². The fourth-order valence-corrected chi connectivity index (χ4v) is 5.30. The molecular formula is C33H37N5O5. The maximum Gasteiger partial charge on any atom is 0.336 e. The van der Waals surface area contributed by atoms with Crippen LogP contribution in [-0.4, -0.2) is 78.2 Å². The van der Waals surface area contributed by atoms with Crippen LogP contribution in [0.25, 0.3) is 11.3 Å². The quantitative estimate of drug-likeness (QED) is 0.206. The zero-order chi connectivity index (χ0) is 30.5. The number of rotatable bonds is 10. The molecule has 0 saturated carbocycles. The van der Waals surface area contributed by atoms with Crippen molar-refractivity contribution in [3.05, 3.63) is 94.5 Å². The molecule has 2 aliphatic rings. The number of piperazine rings is 1. The van der Waals surface area contributed by atoms with Gasteiger partial charge in [-0.05, 0) is 68.3 Å². The van der Waals surface area contributed by atoms with E-state index in [2.05, 4.69) is 20.9 Å². The van der Waals surface area contributed by atoms with Crippen molar-refractivity contribution in [3.8, 4) is 0 Å². The number of carbonyl (C=O) groups is 3. The lowest BCUT2D eigenvalue weighted by atomic mass is 9.96. The van der Waals surface area contributed by atoms with E-state index in [-0.39, 0.29) is 23.4 Å². The van der Waals surface area contributed by atoms with Crippen LogP contribution in [-0.2, 0) is 9.63 Å². The Balaban J connectivity index is 1.39. The molecule has 3 aromatic carbocycles. The third kappa shape index (κ3) is 6.77. The predicted octanol–water partition coefficient (Wildman–Crippen LogP) is 4.31. The first-order valence-electron chi connectivity index (χ1n) is 14.5. The summed E-state index contributed by atoms with van der Waals surface area (Å²) in [4.78, 5) is 46.6. The van der Waals surface area contributed by atoms with Crippen LogP contribution in [0.1, 0.15) is 51.3 Å². The highest BCUT2D eigenvalue weighted by Gasteiger charge is 2.30. The number of fused-ring (bicyclic) bond motifs is 1. The zero-order valence-electron chi connectivity index (χ0n) is 24.6. The van der Waals surface area contributed by atoms with E-state index in [4.69, 9.17) is 4.84 Å². The number of aryl methyl sites for hydroxylation is 1. The number of nitrogens with one attached hydrogen (secondary N) is 3. The molecule has 0 aromatic heterocycles. The van der Waals surface area contributed by atoms with Crippen molar-refractivity contribution in [2.45, 2.75) is 26.8 Å². The van der Waals surface area contributed by atoms with E-state index in [1.165, 1.54) is 11.1 Å². The summed E-state index contributed by atoms with van der Waals surface area (Å²) in [6.07, 6.45) is 0. The van der Waals surface area contributed by atoms with Gasteiger partial charge in [-0.15, -0.1) is 0 Å². The summed E-state index contributed by atoms with van der Waals surface area (Å²) < 4.78 is 0. The van der Waals surface area contributed by atoms with Gasteiger partial charge in [-0.25, -0.2) is 9.86 Å². The van der Waals surface area contributed by atoms with Crippen LogP contribution in [0.3, 0.4) is 0 Å². The Bertz CT molecular complexity index is 1530. The molecular weight excluding hydrogens is 546 g/mol. The number of nitrogens with zero attached hydrogens (tertiary/aromatic N) is 2. The molecule has 1 saturated heterocycles. The Labute approximate surface area is 251 Å². The Hall–Kier alpha value is -4.51. The molecule has 0 spiro atoms. The second kappa shape index (κ2) is 13.2. The van der Waals surface area contributed by atoms with Crippen LogP contribution in [0.4, 0.5) is 11.4 Å². The number of carboxylic acids is 1. The number of hydrogen-bond donors (Lipinski definition) is 4. The molecule has 5 rings (SSSR count).